The summed E-state index contributed by atoms with van der Waals surface area (Å²) in [5.74, 6) is 6.36. The molecule has 4 nitrogen and oxygen atoms in total. The number of carbonyl (C=O) groups excluding carboxylic acids is 1. The second kappa shape index (κ2) is 6.35. The highest BCUT2D eigenvalue weighted by Gasteiger charge is 1.95. The van der Waals surface area contributed by atoms with E-state index in [-0.39, 0.29) is 0 Å². The minimum atomic E-state index is -0.670. The number of ether oxygens (including phenoxy) is 1. The first-order valence-corrected chi connectivity index (χ1v) is 3.40. The van der Waals surface area contributed by atoms with E-state index in [1.807, 2.05) is 0 Å². The Labute approximate surface area is 60.7 Å². The Bertz CT molecular complexity index is 95.7. The molecule has 0 aliphatic carbocycles. The van der Waals surface area contributed by atoms with E-state index in [4.69, 9.17) is 5.84 Å². The van der Waals surface area contributed by atoms with E-state index >= 15 is 0 Å². The molecule has 0 atom stereocenters. The van der Waals surface area contributed by atoms with Crippen LogP contribution < -0.4 is 11.3 Å². The van der Waals surface area contributed by atoms with Crippen molar-refractivity contribution in [3.8, 4) is 0 Å². The van der Waals surface area contributed by atoms with Crippen molar-refractivity contribution < 1.29 is 9.53 Å². The lowest BCUT2D eigenvalue weighted by Gasteiger charge is -2.00. The molecule has 0 aromatic carbocycles. The van der Waals surface area contributed by atoms with Crippen molar-refractivity contribution in [1.82, 2.24) is 11.3 Å². The zero-order valence-electron chi connectivity index (χ0n) is 6.14. The van der Waals surface area contributed by atoms with E-state index < -0.39 is 6.09 Å². The lowest BCUT2D eigenvalue weighted by atomic mass is 10.3. The first-order valence-electron chi connectivity index (χ1n) is 3.40. The number of unbranched alkanes of at least 4 members (excludes halogenated alkanes) is 2. The standard InChI is InChI=1S/C6H13N2O2/c1-2-3-4-5-10-6(9)8-7/h7H,2-5H2,1H3,(H,8,9). The van der Waals surface area contributed by atoms with Crippen LogP contribution in [0.2, 0.25) is 0 Å². The van der Waals surface area contributed by atoms with E-state index in [9.17, 15) is 4.79 Å². The van der Waals surface area contributed by atoms with Gasteiger partial charge in [0.25, 0.3) is 0 Å². The summed E-state index contributed by atoms with van der Waals surface area (Å²) < 4.78 is 4.56. The third kappa shape index (κ3) is 5.37. The van der Waals surface area contributed by atoms with Gasteiger partial charge in [0.1, 0.15) is 0 Å². The van der Waals surface area contributed by atoms with Crippen LogP contribution in [0.1, 0.15) is 26.2 Å². The van der Waals surface area contributed by atoms with E-state index in [1.54, 1.807) is 5.43 Å². The molecule has 0 rings (SSSR count). The van der Waals surface area contributed by atoms with Gasteiger partial charge in [-0.2, -0.15) is 0 Å². The highest BCUT2D eigenvalue weighted by atomic mass is 16.5. The Balaban J connectivity index is 2.96. The number of nitrogens with one attached hydrogen (secondary N) is 2. The van der Waals surface area contributed by atoms with Crippen molar-refractivity contribution in [2.75, 3.05) is 6.61 Å². The molecule has 0 aromatic rings. The maximum absolute atomic E-state index is 10.3. The van der Waals surface area contributed by atoms with E-state index in [0.717, 1.165) is 19.3 Å². The Morgan fingerprint density at radius 3 is 2.80 bits per heavy atom. The quantitative estimate of drug-likeness (QED) is 0.475. The van der Waals surface area contributed by atoms with Crippen LogP contribution in [-0.4, -0.2) is 12.7 Å². The van der Waals surface area contributed by atoms with Gasteiger partial charge in [-0.3, -0.25) is 0 Å². The third-order valence-electron chi connectivity index (χ3n) is 1.08. The first-order chi connectivity index (χ1) is 4.81. The van der Waals surface area contributed by atoms with Gasteiger partial charge in [-0.25, -0.2) is 10.2 Å². The molecule has 0 bridgehead atoms. The van der Waals surface area contributed by atoms with Gasteiger partial charge in [-0.1, -0.05) is 19.8 Å². The maximum atomic E-state index is 10.3. The summed E-state index contributed by atoms with van der Waals surface area (Å²) in [6.45, 7) is 2.49. The predicted octanol–water partition coefficient (Wildman–Crippen LogP) is 1.10. The summed E-state index contributed by atoms with van der Waals surface area (Å²) >= 11 is 0. The highest BCUT2D eigenvalue weighted by molar-refractivity contribution is 5.66. The molecule has 10 heavy (non-hydrogen) atoms. The van der Waals surface area contributed by atoms with Crippen molar-refractivity contribution in [2.24, 2.45) is 0 Å². The van der Waals surface area contributed by atoms with Gasteiger partial charge in [0.2, 0.25) is 0 Å². The molecule has 4 heteroatoms. The van der Waals surface area contributed by atoms with Crippen molar-refractivity contribution in [2.45, 2.75) is 26.2 Å². The topological polar surface area (TPSA) is 62.1 Å². The van der Waals surface area contributed by atoms with E-state index in [2.05, 4.69) is 11.7 Å². The Morgan fingerprint density at radius 2 is 2.30 bits per heavy atom. The van der Waals surface area contributed by atoms with Crippen molar-refractivity contribution >= 4 is 6.09 Å². The summed E-state index contributed by atoms with van der Waals surface area (Å²) in [6.07, 6.45) is 2.37. The number of carbonyl (C=O) groups is 1. The minimum absolute atomic E-state index is 0.415. The lowest BCUT2D eigenvalue weighted by Crippen LogP contribution is -2.22. The van der Waals surface area contributed by atoms with Crippen LogP contribution in [0.25, 0.3) is 0 Å². The first kappa shape index (κ1) is 9.23. The molecule has 0 heterocycles. The van der Waals surface area contributed by atoms with Gasteiger partial charge >= 0.3 is 6.09 Å². The number of hydrogen-bond donors (Lipinski definition) is 1. The lowest BCUT2D eigenvalue weighted by molar-refractivity contribution is 0.143. The predicted molar refractivity (Wildman–Crippen MR) is 37.1 cm³/mol. The van der Waals surface area contributed by atoms with Crippen molar-refractivity contribution in [3.63, 3.8) is 0 Å². The van der Waals surface area contributed by atoms with Gasteiger partial charge in [0.15, 0.2) is 0 Å². The molecular formula is C6H13N2O2. The monoisotopic (exact) mass is 145 g/mol. The van der Waals surface area contributed by atoms with Crippen LogP contribution in [0.4, 0.5) is 4.79 Å². The van der Waals surface area contributed by atoms with Gasteiger partial charge in [0, 0.05) is 0 Å². The molecular weight excluding hydrogens is 132 g/mol. The number of hydrogen-bond acceptors (Lipinski definition) is 2. The molecule has 0 spiro atoms. The Kier molecular flexibility index (Phi) is 5.86. The zero-order chi connectivity index (χ0) is 7.82. The van der Waals surface area contributed by atoms with Gasteiger partial charge < -0.3 is 4.74 Å². The molecule has 0 unspecified atom stereocenters. The number of rotatable bonds is 4. The average molecular weight is 145 g/mol. The smallest absolute Gasteiger partial charge is 0.422 e. The third-order valence-corrected chi connectivity index (χ3v) is 1.08. The fraction of sp³-hybridized carbons (Fsp3) is 0.833. The average Bonchev–Trinajstić information content (AvgIpc) is 1.98. The van der Waals surface area contributed by atoms with Crippen LogP contribution in [0.5, 0.6) is 0 Å². The molecule has 1 amide bonds. The Hall–Kier alpha value is -0.770. The second-order valence-electron chi connectivity index (χ2n) is 1.97. The largest absolute Gasteiger partial charge is 0.449 e. The number of amides is 1. The zero-order valence-corrected chi connectivity index (χ0v) is 6.14. The van der Waals surface area contributed by atoms with Gasteiger partial charge in [-0.15, -0.1) is 5.84 Å². The maximum Gasteiger partial charge on any atom is 0.422 e. The van der Waals surface area contributed by atoms with E-state index in [1.165, 1.54) is 0 Å². The fourth-order valence-corrected chi connectivity index (χ4v) is 0.553. The highest BCUT2D eigenvalue weighted by Crippen LogP contribution is 1.93. The van der Waals surface area contributed by atoms with Gasteiger partial charge in [0.05, 0.1) is 6.61 Å². The molecule has 0 saturated carbocycles. The normalized spacial score (nSPS) is 9.00. The molecule has 0 aliphatic heterocycles. The summed E-state index contributed by atoms with van der Waals surface area (Å²) in [5, 5.41) is 0. The van der Waals surface area contributed by atoms with Crippen LogP contribution in [0.3, 0.4) is 0 Å². The summed E-state index contributed by atoms with van der Waals surface area (Å²) in [4.78, 5) is 10.3. The van der Waals surface area contributed by atoms with Crippen molar-refractivity contribution in [1.29, 1.82) is 0 Å². The molecule has 0 saturated heterocycles. The molecule has 1 radical (unpaired) electrons. The molecule has 0 aromatic heterocycles. The van der Waals surface area contributed by atoms with Crippen LogP contribution >= 0.6 is 0 Å². The summed E-state index contributed by atoms with van der Waals surface area (Å²) in [5.41, 5.74) is 1.63. The molecule has 0 fully saturated rings. The second-order valence-corrected chi connectivity index (χ2v) is 1.97. The van der Waals surface area contributed by atoms with Crippen molar-refractivity contribution in [3.05, 3.63) is 0 Å². The fourth-order valence-electron chi connectivity index (χ4n) is 0.553. The van der Waals surface area contributed by atoms with Crippen LogP contribution in [0, 0.1) is 0 Å². The van der Waals surface area contributed by atoms with Gasteiger partial charge in [-0.05, 0) is 6.42 Å². The Morgan fingerprint density at radius 1 is 1.60 bits per heavy atom. The van der Waals surface area contributed by atoms with Crippen LogP contribution in [-0.2, 0) is 4.74 Å². The SMILES string of the molecule is CCCCCOC(=O)N[NH]. The molecule has 0 aliphatic rings. The van der Waals surface area contributed by atoms with Crippen LogP contribution in [0.15, 0.2) is 0 Å². The molecule has 59 valence electrons. The molecule has 2 N–H and O–H groups in total. The summed E-state index contributed by atoms with van der Waals surface area (Å²) in [7, 11) is 0. The minimum Gasteiger partial charge on any atom is -0.449 e. The summed E-state index contributed by atoms with van der Waals surface area (Å²) in [6, 6.07) is 0. The van der Waals surface area contributed by atoms with E-state index in [0.29, 0.717) is 6.61 Å².